The molecule has 0 heterocycles. The molecular formula is C25H30N2O7. The molecule has 1 aliphatic carbocycles. The Morgan fingerprint density at radius 2 is 1.59 bits per heavy atom. The molecule has 0 bridgehead atoms. The van der Waals surface area contributed by atoms with Gasteiger partial charge in [0, 0.05) is 20.1 Å². The second-order valence-electron chi connectivity index (χ2n) is 8.14. The van der Waals surface area contributed by atoms with Gasteiger partial charge in [-0.2, -0.15) is 0 Å². The molecule has 9 nitrogen and oxygen atoms in total. The van der Waals surface area contributed by atoms with Crippen molar-refractivity contribution in [2.75, 3.05) is 34.0 Å². The first-order chi connectivity index (χ1) is 16.4. The van der Waals surface area contributed by atoms with Crippen molar-refractivity contribution in [3.05, 3.63) is 59.7 Å². The Hall–Kier alpha value is -3.43. The van der Waals surface area contributed by atoms with Crippen molar-refractivity contribution in [3.63, 3.8) is 0 Å². The molecule has 2 aromatic carbocycles. The summed E-state index contributed by atoms with van der Waals surface area (Å²) >= 11 is 0. The Labute approximate surface area is 198 Å². The molecule has 9 heteroatoms. The van der Waals surface area contributed by atoms with Crippen LogP contribution in [-0.4, -0.2) is 68.7 Å². The topological polar surface area (TPSA) is 123 Å². The summed E-state index contributed by atoms with van der Waals surface area (Å²) in [6.07, 6.45) is -0.713. The molecule has 2 unspecified atom stereocenters. The molecule has 3 N–H and O–H groups in total. The number of hydrogen-bond donors (Lipinski definition) is 3. The molecule has 0 radical (unpaired) electrons. The van der Waals surface area contributed by atoms with Gasteiger partial charge in [0.05, 0.1) is 13.2 Å². The van der Waals surface area contributed by atoms with Crippen molar-refractivity contribution in [3.8, 4) is 11.1 Å². The number of fused-ring (bicyclic) bond motifs is 3. The van der Waals surface area contributed by atoms with Crippen LogP contribution in [0.5, 0.6) is 0 Å². The number of carbonyl (C=O) groups is 3. The molecule has 0 aromatic heterocycles. The van der Waals surface area contributed by atoms with E-state index in [9.17, 15) is 19.5 Å². The number of benzene rings is 2. The number of aliphatic carboxylic acids is 1. The Kier molecular flexibility index (Phi) is 8.25. The van der Waals surface area contributed by atoms with Gasteiger partial charge in [-0.3, -0.25) is 4.79 Å². The summed E-state index contributed by atoms with van der Waals surface area (Å²) in [6.45, 7) is 1.31. The van der Waals surface area contributed by atoms with Crippen LogP contribution in [0.25, 0.3) is 11.1 Å². The van der Waals surface area contributed by atoms with Crippen LogP contribution in [0.3, 0.4) is 0 Å². The molecule has 3 rings (SSSR count). The fourth-order valence-corrected chi connectivity index (χ4v) is 4.19. The number of rotatable bonds is 11. The highest BCUT2D eigenvalue weighted by molar-refractivity contribution is 5.91. The van der Waals surface area contributed by atoms with E-state index in [2.05, 4.69) is 10.6 Å². The van der Waals surface area contributed by atoms with Crippen LogP contribution in [-0.2, 0) is 23.8 Å². The Bertz CT molecular complexity index is 996. The fourth-order valence-electron chi connectivity index (χ4n) is 4.19. The summed E-state index contributed by atoms with van der Waals surface area (Å²) in [6, 6.07) is 14.8. The zero-order valence-electron chi connectivity index (χ0n) is 19.5. The van der Waals surface area contributed by atoms with Crippen LogP contribution >= 0.6 is 0 Å². The lowest BCUT2D eigenvalue weighted by atomic mass is 9.96. The van der Waals surface area contributed by atoms with Gasteiger partial charge >= 0.3 is 12.1 Å². The third-order valence-corrected chi connectivity index (χ3v) is 6.05. The molecule has 2 atom stereocenters. The maximum Gasteiger partial charge on any atom is 0.407 e. The van der Waals surface area contributed by atoms with Crippen LogP contribution in [0.2, 0.25) is 0 Å². The van der Waals surface area contributed by atoms with Gasteiger partial charge in [-0.15, -0.1) is 0 Å². The normalized spacial score (nSPS) is 14.9. The highest BCUT2D eigenvalue weighted by atomic mass is 16.5. The number of carboxylic acids is 1. The van der Waals surface area contributed by atoms with E-state index in [1.165, 1.54) is 14.2 Å². The SMILES string of the molecule is CCC(COC)(NC(=O)C(COC)NC(=O)OCC1c2ccccc2-c2ccccc21)C(=O)O. The van der Waals surface area contributed by atoms with Crippen molar-refractivity contribution < 1.29 is 33.7 Å². The predicted molar refractivity (Wildman–Crippen MR) is 125 cm³/mol. The lowest BCUT2D eigenvalue weighted by Gasteiger charge is -2.30. The maximum absolute atomic E-state index is 12.8. The van der Waals surface area contributed by atoms with Crippen molar-refractivity contribution in [2.24, 2.45) is 0 Å². The summed E-state index contributed by atoms with van der Waals surface area (Å²) in [7, 11) is 2.72. The highest BCUT2D eigenvalue weighted by Gasteiger charge is 2.40. The molecule has 0 fully saturated rings. The van der Waals surface area contributed by atoms with Crippen molar-refractivity contribution >= 4 is 18.0 Å². The van der Waals surface area contributed by atoms with Gasteiger partial charge in [0.15, 0.2) is 5.54 Å². The predicted octanol–water partition coefficient (Wildman–Crippen LogP) is 2.54. The van der Waals surface area contributed by atoms with Crippen molar-refractivity contribution in [1.29, 1.82) is 0 Å². The summed E-state index contributed by atoms with van der Waals surface area (Å²) in [5, 5.41) is 14.6. The average molecular weight is 471 g/mol. The molecular weight excluding hydrogens is 440 g/mol. The second-order valence-corrected chi connectivity index (χ2v) is 8.14. The first kappa shape index (κ1) is 25.2. The molecule has 0 spiro atoms. The van der Waals surface area contributed by atoms with Crippen LogP contribution in [0.15, 0.2) is 48.5 Å². The largest absolute Gasteiger partial charge is 0.479 e. The highest BCUT2D eigenvalue weighted by Crippen LogP contribution is 2.44. The molecule has 2 amide bonds. The van der Waals surface area contributed by atoms with Gasteiger partial charge < -0.3 is 30.0 Å². The zero-order valence-corrected chi connectivity index (χ0v) is 19.5. The average Bonchev–Trinajstić information content (AvgIpc) is 3.15. The van der Waals surface area contributed by atoms with Crippen LogP contribution in [0, 0.1) is 0 Å². The van der Waals surface area contributed by atoms with E-state index < -0.39 is 29.6 Å². The Balaban J connectivity index is 1.68. The summed E-state index contributed by atoms with van der Waals surface area (Å²) in [5.41, 5.74) is 2.71. The minimum Gasteiger partial charge on any atom is -0.479 e. The van der Waals surface area contributed by atoms with Crippen LogP contribution < -0.4 is 10.6 Å². The number of carboxylic acid groups (broad SMARTS) is 1. The molecule has 1 aliphatic rings. The fraction of sp³-hybridized carbons (Fsp3) is 0.400. The second kappa shape index (κ2) is 11.1. The third kappa shape index (κ3) is 5.21. The first-order valence-corrected chi connectivity index (χ1v) is 11.0. The Morgan fingerprint density at radius 3 is 2.09 bits per heavy atom. The summed E-state index contributed by atoms with van der Waals surface area (Å²) in [5.74, 6) is -2.08. The van der Waals surface area contributed by atoms with E-state index in [0.717, 1.165) is 22.3 Å². The number of alkyl carbamates (subject to hydrolysis) is 1. The number of methoxy groups -OCH3 is 2. The minimum absolute atomic E-state index is 0.0822. The van der Waals surface area contributed by atoms with Crippen LogP contribution in [0.4, 0.5) is 4.79 Å². The first-order valence-electron chi connectivity index (χ1n) is 11.0. The van der Waals surface area contributed by atoms with Gasteiger partial charge in [-0.05, 0) is 28.7 Å². The monoisotopic (exact) mass is 470 g/mol. The summed E-state index contributed by atoms with van der Waals surface area (Å²) < 4.78 is 15.5. The molecule has 0 saturated carbocycles. The lowest BCUT2D eigenvalue weighted by molar-refractivity contribution is -0.151. The Morgan fingerprint density at radius 1 is 1.00 bits per heavy atom. The lowest BCUT2D eigenvalue weighted by Crippen LogP contribution is -2.62. The third-order valence-electron chi connectivity index (χ3n) is 6.05. The van der Waals surface area contributed by atoms with Crippen LogP contribution in [0.1, 0.15) is 30.4 Å². The van der Waals surface area contributed by atoms with E-state index in [1.807, 2.05) is 48.5 Å². The smallest absolute Gasteiger partial charge is 0.407 e. The van der Waals surface area contributed by atoms with Gasteiger partial charge in [0.1, 0.15) is 12.6 Å². The zero-order chi connectivity index (χ0) is 24.7. The van der Waals surface area contributed by atoms with Crippen molar-refractivity contribution in [2.45, 2.75) is 30.8 Å². The van der Waals surface area contributed by atoms with Gasteiger partial charge in [0.25, 0.3) is 0 Å². The van der Waals surface area contributed by atoms with Gasteiger partial charge in [0.2, 0.25) is 5.91 Å². The van der Waals surface area contributed by atoms with E-state index in [1.54, 1.807) is 6.92 Å². The van der Waals surface area contributed by atoms with E-state index >= 15 is 0 Å². The van der Waals surface area contributed by atoms with Gasteiger partial charge in [-0.1, -0.05) is 55.5 Å². The number of amides is 2. The maximum atomic E-state index is 12.8. The number of hydrogen-bond acceptors (Lipinski definition) is 6. The molecule has 182 valence electrons. The molecule has 0 saturated heterocycles. The summed E-state index contributed by atoms with van der Waals surface area (Å²) in [4.78, 5) is 37.2. The molecule has 34 heavy (non-hydrogen) atoms. The van der Waals surface area contributed by atoms with E-state index in [4.69, 9.17) is 14.2 Å². The minimum atomic E-state index is -1.62. The quantitative estimate of drug-likeness (QED) is 0.461. The van der Waals surface area contributed by atoms with Gasteiger partial charge in [-0.25, -0.2) is 9.59 Å². The number of nitrogens with one attached hydrogen (secondary N) is 2. The number of ether oxygens (including phenoxy) is 3. The molecule has 2 aromatic rings. The number of carbonyl (C=O) groups excluding carboxylic acids is 2. The van der Waals surface area contributed by atoms with Crippen molar-refractivity contribution in [1.82, 2.24) is 10.6 Å². The van der Waals surface area contributed by atoms with E-state index in [0.29, 0.717) is 0 Å². The van der Waals surface area contributed by atoms with E-state index in [-0.39, 0.29) is 32.2 Å². The molecule has 0 aliphatic heterocycles. The standard InChI is InChI=1S/C25H30N2O7/c1-4-25(15-33-3,23(29)30)27-22(28)21(14-32-2)26-24(31)34-13-20-18-11-7-5-9-16(18)17-10-6-8-12-19(17)20/h5-12,20-21H,4,13-15H2,1-3H3,(H,26,31)(H,27,28)(H,29,30).